The summed E-state index contributed by atoms with van der Waals surface area (Å²) in [5.41, 5.74) is 0. The second-order valence-corrected chi connectivity index (χ2v) is 5.94. The highest BCUT2D eigenvalue weighted by atomic mass is 32.1. The molecule has 0 bridgehead atoms. The van der Waals surface area contributed by atoms with E-state index in [9.17, 15) is 9.59 Å². The number of nitrogens with zero attached hydrogens (tertiary/aromatic N) is 1. The first-order valence-corrected chi connectivity index (χ1v) is 7.74. The molecule has 2 rings (SSSR count). The van der Waals surface area contributed by atoms with E-state index in [0.717, 1.165) is 0 Å². The summed E-state index contributed by atoms with van der Waals surface area (Å²) < 4.78 is 4.96. The van der Waals surface area contributed by atoms with Gasteiger partial charge >= 0.3 is 0 Å². The Kier molecular flexibility index (Phi) is 5.74. The third-order valence-electron chi connectivity index (χ3n) is 3.14. The molecule has 2 aromatic heterocycles. The molecule has 6 nitrogen and oxygen atoms in total. The van der Waals surface area contributed by atoms with Crippen LogP contribution >= 0.6 is 11.3 Å². The fraction of sp³-hybridized carbons (Fsp3) is 0.333. The van der Waals surface area contributed by atoms with Crippen molar-refractivity contribution in [1.82, 2.24) is 15.5 Å². The van der Waals surface area contributed by atoms with Crippen molar-refractivity contribution < 1.29 is 14.0 Å². The summed E-state index contributed by atoms with van der Waals surface area (Å²) in [6.07, 6.45) is 1.41. The van der Waals surface area contributed by atoms with Gasteiger partial charge in [0, 0.05) is 11.4 Å². The van der Waals surface area contributed by atoms with E-state index in [1.165, 1.54) is 11.1 Å². The van der Waals surface area contributed by atoms with Gasteiger partial charge in [-0.15, -0.1) is 11.3 Å². The first-order chi connectivity index (χ1) is 10.6. The van der Waals surface area contributed by atoms with Gasteiger partial charge in [-0.1, -0.05) is 6.07 Å². The zero-order chi connectivity index (χ0) is 15.9. The van der Waals surface area contributed by atoms with Gasteiger partial charge in [-0.2, -0.15) is 0 Å². The van der Waals surface area contributed by atoms with Crippen LogP contribution < -0.4 is 10.6 Å². The zero-order valence-electron chi connectivity index (χ0n) is 12.5. The summed E-state index contributed by atoms with van der Waals surface area (Å²) in [7, 11) is 3.93. The van der Waals surface area contributed by atoms with E-state index < -0.39 is 5.91 Å². The molecule has 0 aromatic carbocycles. The Balaban J connectivity index is 1.78. The number of nitrogens with one attached hydrogen (secondary N) is 2. The van der Waals surface area contributed by atoms with Crippen LogP contribution in [-0.4, -0.2) is 43.9 Å². The van der Waals surface area contributed by atoms with Crippen molar-refractivity contribution in [1.29, 1.82) is 0 Å². The lowest BCUT2D eigenvalue weighted by atomic mass is 10.2. The second-order valence-electron chi connectivity index (χ2n) is 4.96. The largest absolute Gasteiger partial charge is 0.459 e. The summed E-state index contributed by atoms with van der Waals surface area (Å²) >= 11 is 1.65. The van der Waals surface area contributed by atoms with E-state index in [4.69, 9.17) is 4.42 Å². The van der Waals surface area contributed by atoms with Gasteiger partial charge in [0.2, 0.25) is 5.91 Å². The minimum absolute atomic E-state index is 0.0792. The molecule has 2 amide bonds. The van der Waals surface area contributed by atoms with Crippen LogP contribution in [0, 0.1) is 0 Å². The second kappa shape index (κ2) is 7.77. The Morgan fingerprint density at radius 3 is 2.68 bits per heavy atom. The maximum Gasteiger partial charge on any atom is 0.287 e. The Morgan fingerprint density at radius 1 is 1.27 bits per heavy atom. The van der Waals surface area contributed by atoms with Crippen molar-refractivity contribution in [3.63, 3.8) is 0 Å². The predicted molar refractivity (Wildman–Crippen MR) is 84.8 cm³/mol. The van der Waals surface area contributed by atoms with Crippen LogP contribution in [0.4, 0.5) is 0 Å². The average Bonchev–Trinajstić information content (AvgIpc) is 3.17. The Hall–Kier alpha value is -2.12. The van der Waals surface area contributed by atoms with Crippen molar-refractivity contribution in [2.75, 3.05) is 27.2 Å². The van der Waals surface area contributed by atoms with Gasteiger partial charge in [-0.25, -0.2) is 0 Å². The number of rotatable bonds is 7. The third-order valence-corrected chi connectivity index (χ3v) is 4.12. The molecule has 0 saturated carbocycles. The quantitative estimate of drug-likeness (QED) is 0.810. The van der Waals surface area contributed by atoms with Crippen LogP contribution in [0.3, 0.4) is 0 Å². The number of furan rings is 1. The Morgan fingerprint density at radius 2 is 2.09 bits per heavy atom. The van der Waals surface area contributed by atoms with Crippen LogP contribution in [0.25, 0.3) is 0 Å². The number of thiophene rings is 1. The molecule has 7 heteroatoms. The van der Waals surface area contributed by atoms with Gasteiger partial charge in [0.25, 0.3) is 5.91 Å². The average molecular weight is 321 g/mol. The standard InChI is InChI=1S/C15H19N3O3S/c1-18(2)11(13-6-4-8-22-13)9-16-14(19)10-17-15(20)12-5-3-7-21-12/h3-8,11H,9-10H2,1-2H3,(H,16,19)(H,17,20)/t11-/m1/s1. The van der Waals surface area contributed by atoms with Crippen molar-refractivity contribution in [3.05, 3.63) is 46.5 Å². The summed E-state index contributed by atoms with van der Waals surface area (Å²) in [6, 6.07) is 7.32. The number of hydrogen-bond acceptors (Lipinski definition) is 5. The Labute approximate surface area is 133 Å². The van der Waals surface area contributed by atoms with Gasteiger partial charge in [0.1, 0.15) is 0 Å². The summed E-state index contributed by atoms with van der Waals surface area (Å²) in [5, 5.41) is 7.36. The normalized spacial score (nSPS) is 12.1. The molecule has 118 valence electrons. The van der Waals surface area contributed by atoms with Crippen LogP contribution in [0.15, 0.2) is 40.3 Å². The number of carbonyl (C=O) groups is 2. The highest BCUT2D eigenvalue weighted by molar-refractivity contribution is 7.10. The molecule has 0 aliphatic carbocycles. The van der Waals surface area contributed by atoms with E-state index in [0.29, 0.717) is 6.54 Å². The van der Waals surface area contributed by atoms with Crippen molar-refractivity contribution >= 4 is 23.2 Å². The lowest BCUT2D eigenvalue weighted by molar-refractivity contribution is -0.120. The lowest BCUT2D eigenvalue weighted by Crippen LogP contribution is -2.40. The van der Waals surface area contributed by atoms with Gasteiger partial charge in [0.15, 0.2) is 5.76 Å². The number of carbonyl (C=O) groups excluding carboxylic acids is 2. The molecule has 0 aliphatic heterocycles. The van der Waals surface area contributed by atoms with Crippen LogP contribution in [0.1, 0.15) is 21.5 Å². The highest BCUT2D eigenvalue weighted by Gasteiger charge is 2.16. The minimum atomic E-state index is -0.400. The third kappa shape index (κ3) is 4.44. The maximum atomic E-state index is 11.8. The van der Waals surface area contributed by atoms with Gasteiger partial charge in [-0.05, 0) is 37.7 Å². The topological polar surface area (TPSA) is 74.6 Å². The molecular weight excluding hydrogens is 302 g/mol. The minimum Gasteiger partial charge on any atom is -0.459 e. The first-order valence-electron chi connectivity index (χ1n) is 6.86. The summed E-state index contributed by atoms with van der Waals surface area (Å²) in [6.45, 7) is 0.410. The van der Waals surface area contributed by atoms with Crippen LogP contribution in [0.2, 0.25) is 0 Å². The molecule has 0 saturated heterocycles. The predicted octanol–water partition coefficient (Wildman–Crippen LogP) is 1.49. The van der Waals surface area contributed by atoms with Gasteiger partial charge < -0.3 is 20.0 Å². The molecule has 1 atom stereocenters. The van der Waals surface area contributed by atoms with Crippen molar-refractivity contribution in [2.45, 2.75) is 6.04 Å². The molecule has 0 unspecified atom stereocenters. The van der Waals surface area contributed by atoms with Gasteiger partial charge in [-0.3, -0.25) is 9.59 Å². The summed E-state index contributed by atoms with van der Waals surface area (Å²) in [4.78, 5) is 26.7. The number of hydrogen-bond donors (Lipinski definition) is 2. The van der Waals surface area contributed by atoms with E-state index in [-0.39, 0.29) is 24.3 Å². The van der Waals surface area contributed by atoms with Crippen molar-refractivity contribution in [3.8, 4) is 0 Å². The highest BCUT2D eigenvalue weighted by Crippen LogP contribution is 2.22. The molecule has 0 spiro atoms. The number of amides is 2. The van der Waals surface area contributed by atoms with Crippen molar-refractivity contribution in [2.24, 2.45) is 0 Å². The van der Waals surface area contributed by atoms with Gasteiger partial charge in [0.05, 0.1) is 18.8 Å². The fourth-order valence-electron chi connectivity index (χ4n) is 1.95. The smallest absolute Gasteiger partial charge is 0.287 e. The van der Waals surface area contributed by atoms with E-state index in [1.54, 1.807) is 23.5 Å². The SMILES string of the molecule is CN(C)[C@H](CNC(=O)CNC(=O)c1ccco1)c1cccs1. The molecule has 2 aromatic rings. The zero-order valence-corrected chi connectivity index (χ0v) is 13.4. The monoisotopic (exact) mass is 321 g/mol. The van der Waals surface area contributed by atoms with Crippen LogP contribution in [-0.2, 0) is 4.79 Å². The van der Waals surface area contributed by atoms with E-state index >= 15 is 0 Å². The van der Waals surface area contributed by atoms with E-state index in [2.05, 4.69) is 10.6 Å². The molecule has 2 N–H and O–H groups in total. The molecule has 0 fully saturated rings. The molecule has 0 aliphatic rings. The van der Waals surface area contributed by atoms with Crippen LogP contribution in [0.5, 0.6) is 0 Å². The summed E-state index contributed by atoms with van der Waals surface area (Å²) in [5.74, 6) is -0.441. The van der Waals surface area contributed by atoms with E-state index in [1.807, 2.05) is 36.5 Å². The maximum absolute atomic E-state index is 11.8. The molecular formula is C15H19N3O3S. The molecule has 2 heterocycles. The lowest BCUT2D eigenvalue weighted by Gasteiger charge is -2.23. The molecule has 22 heavy (non-hydrogen) atoms. The Bertz CT molecular complexity index is 594. The fourth-order valence-corrected chi connectivity index (χ4v) is 2.87. The first kappa shape index (κ1) is 16.3. The molecule has 0 radical (unpaired) electrons. The number of likely N-dealkylation sites (N-methyl/N-ethyl adjacent to an activating group) is 1.